The zero-order chi connectivity index (χ0) is 14.4. The Balaban J connectivity index is 1.71. The van der Waals surface area contributed by atoms with Gasteiger partial charge in [-0.1, -0.05) is 19.6 Å². The Morgan fingerprint density at radius 1 is 1.00 bits per heavy atom. The van der Waals surface area contributed by atoms with E-state index in [0.717, 1.165) is 24.7 Å². The van der Waals surface area contributed by atoms with Gasteiger partial charge < -0.3 is 15.5 Å². The molecule has 0 spiro atoms. The average Bonchev–Trinajstić information content (AvgIpc) is 2.46. The second kappa shape index (κ2) is 7.53. The summed E-state index contributed by atoms with van der Waals surface area (Å²) in [6.45, 7) is 14.0. The third-order valence-corrected chi connectivity index (χ3v) is 4.48. The van der Waals surface area contributed by atoms with E-state index >= 15 is 0 Å². The summed E-state index contributed by atoms with van der Waals surface area (Å²) in [4.78, 5) is 5.03. The van der Waals surface area contributed by atoms with Crippen molar-refractivity contribution in [2.75, 3.05) is 32.7 Å². The highest BCUT2D eigenvalue weighted by Crippen LogP contribution is 2.22. The van der Waals surface area contributed by atoms with Crippen LogP contribution in [0.3, 0.4) is 0 Å². The summed E-state index contributed by atoms with van der Waals surface area (Å²) in [5.74, 6) is 0.866. The van der Waals surface area contributed by atoms with Crippen molar-refractivity contribution in [1.82, 2.24) is 9.80 Å². The smallest absolute Gasteiger partial charge is 0.0293 e. The molecule has 3 nitrogen and oxygen atoms in total. The molecule has 2 saturated heterocycles. The van der Waals surface area contributed by atoms with Crippen molar-refractivity contribution >= 4 is 0 Å². The minimum Gasteiger partial charge on any atom is -0.399 e. The largest absolute Gasteiger partial charge is 0.399 e. The molecule has 2 fully saturated rings. The molecule has 2 heterocycles. The molecule has 2 N–H and O–H groups in total. The number of hydrogen-bond donors (Lipinski definition) is 1. The van der Waals surface area contributed by atoms with Crippen LogP contribution in [0.25, 0.3) is 0 Å². The Bertz CT molecular complexity index is 358. The SMILES string of the molecule is C=C(N)/C=C\C(=C)N1CCC(CN2CCCCC2)CC1. The standard InChI is InChI=1S/C17H29N3/c1-15(18)6-7-16(2)20-12-8-17(9-13-20)14-19-10-4-3-5-11-19/h6-7,17H,1-5,8-14,18H2/b7-6-. The zero-order valence-corrected chi connectivity index (χ0v) is 12.7. The molecular formula is C17H29N3. The molecule has 0 saturated carbocycles. The summed E-state index contributed by atoms with van der Waals surface area (Å²) in [5.41, 5.74) is 7.20. The summed E-state index contributed by atoms with van der Waals surface area (Å²) in [5, 5.41) is 0. The highest BCUT2D eigenvalue weighted by atomic mass is 15.2. The Kier molecular flexibility index (Phi) is 5.72. The fourth-order valence-corrected chi connectivity index (χ4v) is 3.22. The second-order valence-electron chi connectivity index (χ2n) is 6.19. The van der Waals surface area contributed by atoms with Crippen LogP contribution < -0.4 is 5.73 Å². The predicted molar refractivity (Wildman–Crippen MR) is 86.2 cm³/mol. The summed E-state index contributed by atoms with van der Waals surface area (Å²) in [6.07, 6.45) is 10.6. The molecule has 0 atom stereocenters. The molecule has 0 amide bonds. The minimum absolute atomic E-state index is 0.589. The van der Waals surface area contributed by atoms with Crippen molar-refractivity contribution < 1.29 is 0 Å². The zero-order valence-electron chi connectivity index (χ0n) is 12.7. The van der Waals surface area contributed by atoms with Gasteiger partial charge in [0.1, 0.15) is 0 Å². The minimum atomic E-state index is 0.589. The molecule has 2 rings (SSSR count). The number of nitrogens with zero attached hydrogens (tertiary/aromatic N) is 2. The number of rotatable bonds is 5. The molecule has 2 aliphatic rings. The van der Waals surface area contributed by atoms with E-state index in [-0.39, 0.29) is 0 Å². The first kappa shape index (κ1) is 15.2. The highest BCUT2D eigenvalue weighted by Gasteiger charge is 2.22. The third-order valence-electron chi connectivity index (χ3n) is 4.48. The van der Waals surface area contributed by atoms with Crippen molar-refractivity contribution in [3.8, 4) is 0 Å². The molecule has 3 heteroatoms. The van der Waals surface area contributed by atoms with Crippen molar-refractivity contribution in [3.63, 3.8) is 0 Å². The average molecular weight is 275 g/mol. The maximum atomic E-state index is 5.55. The second-order valence-corrected chi connectivity index (χ2v) is 6.19. The Hall–Kier alpha value is -1.22. The number of piperidine rings is 2. The quantitative estimate of drug-likeness (QED) is 0.783. The van der Waals surface area contributed by atoms with Gasteiger partial charge >= 0.3 is 0 Å². The van der Waals surface area contributed by atoms with E-state index in [2.05, 4.69) is 23.0 Å². The van der Waals surface area contributed by atoms with Crippen molar-refractivity contribution in [2.45, 2.75) is 32.1 Å². The fraction of sp³-hybridized carbons (Fsp3) is 0.647. The van der Waals surface area contributed by atoms with Gasteiger partial charge in [-0.05, 0) is 56.8 Å². The molecule has 0 radical (unpaired) electrons. The molecule has 0 aliphatic carbocycles. The maximum absolute atomic E-state index is 5.55. The lowest BCUT2D eigenvalue weighted by molar-refractivity contribution is 0.149. The molecule has 0 unspecified atom stereocenters. The number of allylic oxidation sites excluding steroid dienone is 2. The lowest BCUT2D eigenvalue weighted by Gasteiger charge is -2.37. The van der Waals surface area contributed by atoms with Crippen LogP contribution in [0.2, 0.25) is 0 Å². The first-order valence-corrected chi connectivity index (χ1v) is 7.94. The monoisotopic (exact) mass is 275 g/mol. The predicted octanol–water partition coefficient (Wildman–Crippen LogP) is 2.73. The van der Waals surface area contributed by atoms with Gasteiger partial charge in [-0.2, -0.15) is 0 Å². The van der Waals surface area contributed by atoms with Crippen LogP contribution in [0, 0.1) is 5.92 Å². The third kappa shape index (κ3) is 4.71. The summed E-state index contributed by atoms with van der Waals surface area (Å²) >= 11 is 0. The van der Waals surface area contributed by atoms with E-state index in [0.29, 0.717) is 5.70 Å². The van der Waals surface area contributed by atoms with Crippen molar-refractivity contribution in [3.05, 3.63) is 36.7 Å². The summed E-state index contributed by atoms with van der Waals surface area (Å²) in [7, 11) is 0. The van der Waals surface area contributed by atoms with Gasteiger partial charge in [0.25, 0.3) is 0 Å². The lowest BCUT2D eigenvalue weighted by atomic mass is 9.95. The Labute approximate surface area is 123 Å². The number of hydrogen-bond acceptors (Lipinski definition) is 3. The molecule has 0 bridgehead atoms. The Morgan fingerprint density at radius 2 is 1.65 bits per heavy atom. The highest BCUT2D eigenvalue weighted by molar-refractivity contribution is 5.21. The first-order valence-electron chi connectivity index (χ1n) is 7.94. The molecule has 20 heavy (non-hydrogen) atoms. The van der Waals surface area contributed by atoms with Gasteiger partial charge in [0.05, 0.1) is 0 Å². The summed E-state index contributed by atoms with van der Waals surface area (Å²) < 4.78 is 0. The lowest BCUT2D eigenvalue weighted by Crippen LogP contribution is -2.39. The van der Waals surface area contributed by atoms with Crippen LogP contribution in [0.15, 0.2) is 36.7 Å². The van der Waals surface area contributed by atoms with Gasteiger partial charge in [0.15, 0.2) is 0 Å². The molecule has 2 aliphatic heterocycles. The topological polar surface area (TPSA) is 32.5 Å². The van der Waals surface area contributed by atoms with E-state index in [1.807, 2.05) is 12.2 Å². The van der Waals surface area contributed by atoms with Gasteiger partial charge in [-0.3, -0.25) is 0 Å². The van der Waals surface area contributed by atoms with Crippen LogP contribution in [-0.4, -0.2) is 42.5 Å². The Morgan fingerprint density at radius 3 is 2.25 bits per heavy atom. The normalized spacial score (nSPS) is 22.3. The molecule has 0 aromatic rings. The van der Waals surface area contributed by atoms with Crippen LogP contribution >= 0.6 is 0 Å². The van der Waals surface area contributed by atoms with Gasteiger partial charge in [0, 0.05) is 31.0 Å². The van der Waals surface area contributed by atoms with E-state index in [9.17, 15) is 0 Å². The van der Waals surface area contributed by atoms with Crippen LogP contribution in [0.1, 0.15) is 32.1 Å². The van der Waals surface area contributed by atoms with Crippen molar-refractivity contribution in [1.29, 1.82) is 0 Å². The van der Waals surface area contributed by atoms with Gasteiger partial charge in [-0.15, -0.1) is 0 Å². The van der Waals surface area contributed by atoms with E-state index in [1.54, 1.807) is 0 Å². The first-order chi connectivity index (χ1) is 9.65. The molecule has 0 aromatic carbocycles. The molecular weight excluding hydrogens is 246 g/mol. The van der Waals surface area contributed by atoms with Crippen LogP contribution in [0.5, 0.6) is 0 Å². The van der Waals surface area contributed by atoms with Crippen LogP contribution in [-0.2, 0) is 0 Å². The molecule has 0 aromatic heterocycles. The molecule has 112 valence electrons. The fourth-order valence-electron chi connectivity index (χ4n) is 3.22. The number of likely N-dealkylation sites (tertiary alicyclic amines) is 2. The van der Waals surface area contributed by atoms with Crippen molar-refractivity contribution in [2.24, 2.45) is 11.7 Å². The van der Waals surface area contributed by atoms with E-state index < -0.39 is 0 Å². The van der Waals surface area contributed by atoms with E-state index in [1.165, 1.54) is 51.7 Å². The number of nitrogens with two attached hydrogens (primary N) is 1. The van der Waals surface area contributed by atoms with Gasteiger partial charge in [0.2, 0.25) is 0 Å². The van der Waals surface area contributed by atoms with Gasteiger partial charge in [-0.25, -0.2) is 0 Å². The van der Waals surface area contributed by atoms with Crippen LogP contribution in [0.4, 0.5) is 0 Å². The summed E-state index contributed by atoms with van der Waals surface area (Å²) in [6, 6.07) is 0. The van der Waals surface area contributed by atoms with E-state index in [4.69, 9.17) is 5.73 Å². The maximum Gasteiger partial charge on any atom is 0.0293 e.